The van der Waals surface area contributed by atoms with Crippen LogP contribution in [0.25, 0.3) is 0 Å². The number of nitrogens with zero attached hydrogens (tertiary/aromatic N) is 1. The molecule has 6 heteroatoms. The van der Waals surface area contributed by atoms with E-state index in [9.17, 15) is 9.59 Å². The zero-order valence-corrected chi connectivity index (χ0v) is 9.41. The second-order valence-corrected chi connectivity index (χ2v) is 3.61. The van der Waals surface area contributed by atoms with Crippen LogP contribution in [0.15, 0.2) is 12.1 Å². The maximum atomic E-state index is 11.5. The smallest absolute Gasteiger partial charge is 0.305 e. The van der Waals surface area contributed by atoms with Crippen LogP contribution in [-0.4, -0.2) is 28.5 Å². The van der Waals surface area contributed by atoms with Gasteiger partial charge in [-0.3, -0.25) is 9.59 Å². The lowest BCUT2D eigenvalue weighted by molar-refractivity contribution is -0.136. The molecule has 1 amide bonds. The summed E-state index contributed by atoms with van der Waals surface area (Å²) in [6.45, 7) is 1.81. The first-order valence-corrected chi connectivity index (χ1v) is 5.01. The monoisotopic (exact) mass is 242 g/mol. The van der Waals surface area contributed by atoms with Crippen molar-refractivity contribution in [2.24, 2.45) is 0 Å². The predicted octanol–water partition coefficient (Wildman–Crippen LogP) is 1.25. The van der Waals surface area contributed by atoms with Crippen molar-refractivity contribution < 1.29 is 14.7 Å². The Morgan fingerprint density at radius 3 is 2.75 bits per heavy atom. The van der Waals surface area contributed by atoms with Gasteiger partial charge in [0.15, 0.2) is 0 Å². The van der Waals surface area contributed by atoms with Crippen molar-refractivity contribution in [2.45, 2.75) is 13.3 Å². The first kappa shape index (κ1) is 12.4. The summed E-state index contributed by atoms with van der Waals surface area (Å²) in [4.78, 5) is 25.7. The number of carboxylic acids is 1. The molecule has 2 N–H and O–H groups in total. The van der Waals surface area contributed by atoms with Crippen molar-refractivity contribution in [2.75, 3.05) is 6.54 Å². The quantitative estimate of drug-likeness (QED) is 0.779. The summed E-state index contributed by atoms with van der Waals surface area (Å²) in [5.41, 5.74) is 1.01. The maximum absolute atomic E-state index is 11.5. The number of aliphatic carboxylic acids is 1. The van der Waals surface area contributed by atoms with Crippen molar-refractivity contribution in [3.05, 3.63) is 28.5 Å². The molecule has 0 fully saturated rings. The number of carbonyl (C=O) groups is 2. The van der Waals surface area contributed by atoms with Gasteiger partial charge < -0.3 is 10.4 Å². The summed E-state index contributed by atoms with van der Waals surface area (Å²) in [7, 11) is 0. The van der Waals surface area contributed by atoms with Gasteiger partial charge in [0.1, 0.15) is 5.15 Å². The molecule has 1 aromatic rings. The van der Waals surface area contributed by atoms with Gasteiger partial charge in [-0.1, -0.05) is 11.6 Å². The molecular weight excluding hydrogens is 232 g/mol. The first-order chi connectivity index (χ1) is 7.49. The third-order valence-electron chi connectivity index (χ3n) is 1.81. The molecule has 0 aliphatic carbocycles. The Bertz CT molecular complexity index is 400. The Morgan fingerprint density at radius 2 is 2.19 bits per heavy atom. The van der Waals surface area contributed by atoms with Crippen LogP contribution >= 0.6 is 11.6 Å². The van der Waals surface area contributed by atoms with Crippen LogP contribution in [-0.2, 0) is 4.79 Å². The minimum Gasteiger partial charge on any atom is -0.481 e. The Hall–Kier alpha value is -1.62. The highest BCUT2D eigenvalue weighted by molar-refractivity contribution is 6.29. The number of carbonyl (C=O) groups excluding carboxylic acids is 1. The van der Waals surface area contributed by atoms with Gasteiger partial charge in [0.2, 0.25) is 0 Å². The van der Waals surface area contributed by atoms with Gasteiger partial charge in [-0.25, -0.2) is 4.98 Å². The van der Waals surface area contributed by atoms with Crippen LogP contribution in [0, 0.1) is 6.92 Å². The average Bonchev–Trinajstić information content (AvgIpc) is 2.15. The number of carboxylic acid groups (broad SMARTS) is 1. The standard InChI is InChI=1S/C10H11ClN2O3/c1-6-4-7(5-8(11)13-6)10(16)12-3-2-9(14)15/h4-5H,2-3H2,1H3,(H,12,16)(H,14,15). The van der Waals surface area contributed by atoms with Crippen molar-refractivity contribution in [3.63, 3.8) is 0 Å². The molecule has 0 unspecified atom stereocenters. The van der Waals surface area contributed by atoms with Gasteiger partial charge in [-0.2, -0.15) is 0 Å². The molecule has 0 saturated carbocycles. The van der Waals surface area contributed by atoms with Gasteiger partial charge in [-0.05, 0) is 19.1 Å². The van der Waals surface area contributed by atoms with E-state index < -0.39 is 5.97 Å². The van der Waals surface area contributed by atoms with E-state index in [1.165, 1.54) is 6.07 Å². The maximum Gasteiger partial charge on any atom is 0.305 e. The fraction of sp³-hybridized carbons (Fsp3) is 0.300. The SMILES string of the molecule is Cc1cc(C(=O)NCCC(=O)O)cc(Cl)n1. The van der Waals surface area contributed by atoms with Crippen LogP contribution in [0.3, 0.4) is 0 Å². The average molecular weight is 243 g/mol. The van der Waals surface area contributed by atoms with E-state index in [1.54, 1.807) is 13.0 Å². The van der Waals surface area contributed by atoms with Crippen LogP contribution < -0.4 is 5.32 Å². The molecular formula is C10H11ClN2O3. The normalized spacial score (nSPS) is 9.88. The molecule has 0 aliphatic heterocycles. The summed E-state index contributed by atoms with van der Waals surface area (Å²) in [5.74, 6) is -1.31. The molecule has 86 valence electrons. The number of halogens is 1. The molecule has 1 heterocycles. The van der Waals surface area contributed by atoms with E-state index in [0.717, 1.165) is 0 Å². The Labute approximate surface area is 97.4 Å². The Balaban J connectivity index is 2.62. The summed E-state index contributed by atoms with van der Waals surface area (Å²) >= 11 is 5.69. The number of hydrogen-bond donors (Lipinski definition) is 2. The summed E-state index contributed by atoms with van der Waals surface area (Å²) in [6, 6.07) is 3.02. The number of aryl methyl sites for hydroxylation is 1. The summed E-state index contributed by atoms with van der Waals surface area (Å²) in [5, 5.41) is 11.1. The fourth-order valence-corrected chi connectivity index (χ4v) is 1.40. The van der Waals surface area contributed by atoms with E-state index in [1.807, 2.05) is 0 Å². The van der Waals surface area contributed by atoms with Crippen molar-refractivity contribution in [1.82, 2.24) is 10.3 Å². The van der Waals surface area contributed by atoms with E-state index in [0.29, 0.717) is 11.3 Å². The molecule has 0 atom stereocenters. The summed E-state index contributed by atoms with van der Waals surface area (Å²) < 4.78 is 0. The summed E-state index contributed by atoms with van der Waals surface area (Å²) in [6.07, 6.45) is -0.108. The van der Waals surface area contributed by atoms with E-state index in [4.69, 9.17) is 16.7 Å². The molecule has 16 heavy (non-hydrogen) atoms. The highest BCUT2D eigenvalue weighted by atomic mass is 35.5. The number of rotatable bonds is 4. The third-order valence-corrected chi connectivity index (χ3v) is 2.00. The van der Waals surface area contributed by atoms with Crippen LogP contribution in [0.1, 0.15) is 22.5 Å². The van der Waals surface area contributed by atoms with Gasteiger partial charge in [0.25, 0.3) is 5.91 Å². The fourth-order valence-electron chi connectivity index (χ4n) is 1.14. The lowest BCUT2D eigenvalue weighted by atomic mass is 10.2. The molecule has 0 aliphatic rings. The minimum atomic E-state index is -0.954. The van der Waals surface area contributed by atoms with Crippen LogP contribution in [0.2, 0.25) is 5.15 Å². The minimum absolute atomic E-state index is 0.0904. The van der Waals surface area contributed by atoms with Gasteiger partial charge in [0.05, 0.1) is 6.42 Å². The molecule has 5 nitrogen and oxygen atoms in total. The van der Waals surface area contributed by atoms with E-state index in [-0.39, 0.29) is 24.0 Å². The Morgan fingerprint density at radius 1 is 1.50 bits per heavy atom. The molecule has 1 aromatic heterocycles. The Kier molecular flexibility index (Phi) is 4.25. The van der Waals surface area contributed by atoms with Crippen molar-refractivity contribution in [1.29, 1.82) is 0 Å². The van der Waals surface area contributed by atoms with Crippen molar-refractivity contribution in [3.8, 4) is 0 Å². The second kappa shape index (κ2) is 5.46. The number of pyridine rings is 1. The number of amides is 1. The van der Waals surface area contributed by atoms with E-state index >= 15 is 0 Å². The topological polar surface area (TPSA) is 79.3 Å². The van der Waals surface area contributed by atoms with Gasteiger partial charge in [-0.15, -0.1) is 0 Å². The zero-order valence-electron chi connectivity index (χ0n) is 8.66. The number of hydrogen-bond acceptors (Lipinski definition) is 3. The van der Waals surface area contributed by atoms with Crippen LogP contribution in [0.4, 0.5) is 0 Å². The van der Waals surface area contributed by atoms with E-state index in [2.05, 4.69) is 10.3 Å². The van der Waals surface area contributed by atoms with Gasteiger partial charge in [0, 0.05) is 17.8 Å². The lowest BCUT2D eigenvalue weighted by Crippen LogP contribution is -2.26. The predicted molar refractivity (Wildman–Crippen MR) is 58.6 cm³/mol. The molecule has 1 rings (SSSR count). The molecule has 0 spiro atoms. The van der Waals surface area contributed by atoms with Crippen molar-refractivity contribution >= 4 is 23.5 Å². The lowest BCUT2D eigenvalue weighted by Gasteiger charge is -2.04. The number of aromatic nitrogens is 1. The zero-order chi connectivity index (χ0) is 12.1. The third kappa shape index (κ3) is 3.86. The molecule has 0 saturated heterocycles. The highest BCUT2D eigenvalue weighted by Gasteiger charge is 2.08. The number of nitrogens with one attached hydrogen (secondary N) is 1. The second-order valence-electron chi connectivity index (χ2n) is 3.22. The van der Waals surface area contributed by atoms with Gasteiger partial charge >= 0.3 is 5.97 Å². The first-order valence-electron chi connectivity index (χ1n) is 4.63. The molecule has 0 bridgehead atoms. The largest absolute Gasteiger partial charge is 0.481 e. The molecule has 0 radical (unpaired) electrons. The molecule has 0 aromatic carbocycles. The highest BCUT2D eigenvalue weighted by Crippen LogP contribution is 2.10. The van der Waals surface area contributed by atoms with Crippen LogP contribution in [0.5, 0.6) is 0 Å².